The fourth-order valence-corrected chi connectivity index (χ4v) is 3.48. The fraction of sp³-hybridized carbons (Fsp3) is 0.231. The molecule has 1 aromatic heterocycles. The molecule has 0 saturated heterocycles. The van der Waals surface area contributed by atoms with Crippen LogP contribution in [0.3, 0.4) is 0 Å². The van der Waals surface area contributed by atoms with Gasteiger partial charge >= 0.3 is 0 Å². The van der Waals surface area contributed by atoms with Gasteiger partial charge in [-0.25, -0.2) is 4.98 Å². The van der Waals surface area contributed by atoms with Gasteiger partial charge in [0, 0.05) is 28.3 Å². The Kier molecular flexibility index (Phi) is 2.76. The molecule has 3 rings (SSSR count). The number of hydrogen-bond acceptors (Lipinski definition) is 3. The monoisotopic (exact) mass is 260 g/mol. The van der Waals surface area contributed by atoms with Crippen molar-refractivity contribution in [2.45, 2.75) is 18.4 Å². The summed E-state index contributed by atoms with van der Waals surface area (Å²) in [5.41, 5.74) is 4.81. The van der Waals surface area contributed by atoms with E-state index in [2.05, 4.69) is 29.0 Å². The van der Waals surface area contributed by atoms with Crippen LogP contribution >= 0.6 is 24.0 Å². The van der Waals surface area contributed by atoms with E-state index in [4.69, 9.17) is 12.2 Å². The summed E-state index contributed by atoms with van der Waals surface area (Å²) in [6, 6.07) is 8.24. The molecule has 0 unspecified atom stereocenters. The van der Waals surface area contributed by atoms with Crippen LogP contribution in [0, 0.1) is 11.6 Å². The number of aromatic nitrogens is 2. The van der Waals surface area contributed by atoms with Crippen molar-refractivity contribution in [2.24, 2.45) is 0 Å². The van der Waals surface area contributed by atoms with Gasteiger partial charge in [0.25, 0.3) is 0 Å². The maximum atomic E-state index is 5.36. The molecule has 17 heavy (non-hydrogen) atoms. The number of thioether (sulfide) groups is 1. The first-order chi connectivity index (χ1) is 8.25. The molecule has 1 aliphatic rings. The maximum absolute atomic E-state index is 5.36. The van der Waals surface area contributed by atoms with Crippen LogP contribution in [0.25, 0.3) is 11.4 Å². The highest BCUT2D eigenvalue weighted by atomic mass is 32.2. The lowest BCUT2D eigenvalue weighted by Crippen LogP contribution is -1.98. The molecule has 2 nitrogen and oxygen atoms in total. The lowest BCUT2D eigenvalue weighted by atomic mass is 10.1. The van der Waals surface area contributed by atoms with Crippen LogP contribution in [-0.4, -0.2) is 9.97 Å². The van der Waals surface area contributed by atoms with E-state index in [0.717, 1.165) is 27.5 Å². The molecule has 0 aliphatic carbocycles. The molecule has 0 bridgehead atoms. The summed E-state index contributed by atoms with van der Waals surface area (Å²) in [4.78, 5) is 7.95. The molecule has 2 heterocycles. The Morgan fingerprint density at radius 3 is 2.94 bits per heavy atom. The van der Waals surface area contributed by atoms with Gasteiger partial charge in [-0.2, -0.15) is 11.8 Å². The van der Waals surface area contributed by atoms with Crippen molar-refractivity contribution in [1.82, 2.24) is 9.97 Å². The lowest BCUT2D eigenvalue weighted by Gasteiger charge is -2.07. The predicted octanol–water partition coefficient (Wildman–Crippen LogP) is 3.86. The van der Waals surface area contributed by atoms with Crippen molar-refractivity contribution in [3.8, 4) is 11.4 Å². The Morgan fingerprint density at radius 1 is 1.29 bits per heavy atom. The van der Waals surface area contributed by atoms with E-state index in [9.17, 15) is 0 Å². The van der Waals surface area contributed by atoms with Gasteiger partial charge in [-0.05, 0) is 12.5 Å². The molecule has 1 N–H and O–H groups in total. The average Bonchev–Trinajstić information content (AvgIpc) is 2.78. The number of fused-ring (bicyclic) bond motifs is 1. The zero-order valence-electron chi connectivity index (χ0n) is 9.49. The van der Waals surface area contributed by atoms with E-state index in [1.54, 1.807) is 0 Å². The number of H-pyrrole nitrogens is 1. The number of nitrogens with zero attached hydrogens (tertiary/aromatic N) is 1. The summed E-state index contributed by atoms with van der Waals surface area (Å²) in [6.07, 6.45) is 0. The Balaban J connectivity index is 2.20. The first-order valence-electron chi connectivity index (χ1n) is 5.51. The van der Waals surface area contributed by atoms with E-state index in [1.165, 1.54) is 16.8 Å². The number of rotatable bonds is 1. The first-order valence-corrected chi connectivity index (χ1v) is 7.08. The molecule has 4 heteroatoms. The van der Waals surface area contributed by atoms with E-state index >= 15 is 0 Å². The zero-order chi connectivity index (χ0) is 11.8. The normalized spacial score (nSPS) is 13.7. The Hall–Kier alpha value is -1.13. The number of benzene rings is 1. The van der Waals surface area contributed by atoms with Crippen LogP contribution in [0.15, 0.2) is 24.3 Å². The van der Waals surface area contributed by atoms with E-state index in [1.807, 2.05) is 23.9 Å². The smallest absolute Gasteiger partial charge is 0.139 e. The van der Waals surface area contributed by atoms with Crippen LogP contribution in [0.5, 0.6) is 0 Å². The molecule has 0 amide bonds. The fourth-order valence-electron chi connectivity index (χ4n) is 2.04. The molecule has 0 fully saturated rings. The molecule has 2 aromatic rings. The zero-order valence-corrected chi connectivity index (χ0v) is 11.1. The highest BCUT2D eigenvalue weighted by Crippen LogP contribution is 2.30. The largest absolute Gasteiger partial charge is 0.342 e. The van der Waals surface area contributed by atoms with E-state index in [0.29, 0.717) is 0 Å². The lowest BCUT2D eigenvalue weighted by molar-refractivity contribution is 1.06. The molecular weight excluding hydrogens is 248 g/mol. The van der Waals surface area contributed by atoms with Crippen LogP contribution in [0.2, 0.25) is 0 Å². The van der Waals surface area contributed by atoms with Gasteiger partial charge in [-0.15, -0.1) is 0 Å². The minimum atomic E-state index is 0.752. The summed E-state index contributed by atoms with van der Waals surface area (Å²) in [6.45, 7) is 2.09. The molecule has 0 radical (unpaired) electrons. The molecule has 1 aromatic carbocycles. The summed E-state index contributed by atoms with van der Waals surface area (Å²) >= 11 is 7.25. The molecule has 1 aliphatic heterocycles. The van der Waals surface area contributed by atoms with Gasteiger partial charge in [0.05, 0.1) is 0 Å². The number of nitrogens with one attached hydrogen (secondary N) is 1. The second-order valence-electron chi connectivity index (χ2n) is 4.16. The third kappa shape index (κ3) is 1.91. The van der Waals surface area contributed by atoms with Crippen molar-refractivity contribution >= 4 is 24.0 Å². The Bertz CT molecular complexity index is 632. The topological polar surface area (TPSA) is 28.7 Å². The van der Waals surface area contributed by atoms with Gasteiger partial charge in [0.15, 0.2) is 0 Å². The third-order valence-electron chi connectivity index (χ3n) is 3.00. The quantitative estimate of drug-likeness (QED) is 0.789. The Labute approximate surface area is 109 Å². The highest BCUT2D eigenvalue weighted by molar-refractivity contribution is 7.98. The standard InChI is InChI=1S/C13H12N2S2/c1-8-4-2-3-5-9(8)12-14-11-7-17-6-10(11)13(16)15-12/h2-5H,6-7H2,1H3,(H,14,15,16). The number of aromatic amines is 1. The van der Waals surface area contributed by atoms with Crippen LogP contribution in [0.4, 0.5) is 0 Å². The summed E-state index contributed by atoms with van der Waals surface area (Å²) in [5.74, 6) is 2.90. The molecule has 0 spiro atoms. The first kappa shape index (κ1) is 11.0. The SMILES string of the molecule is Cc1ccccc1-c1nc(=S)c2c([nH]1)CSC2. The van der Waals surface area contributed by atoms with Gasteiger partial charge in [0.2, 0.25) is 0 Å². The summed E-state index contributed by atoms with van der Waals surface area (Å²) in [5, 5.41) is 0. The van der Waals surface area contributed by atoms with Crippen molar-refractivity contribution in [1.29, 1.82) is 0 Å². The summed E-state index contributed by atoms with van der Waals surface area (Å²) < 4.78 is 0.752. The minimum absolute atomic E-state index is 0.752. The predicted molar refractivity (Wildman–Crippen MR) is 74.6 cm³/mol. The highest BCUT2D eigenvalue weighted by Gasteiger charge is 2.16. The molecule has 0 atom stereocenters. The molecule has 86 valence electrons. The van der Waals surface area contributed by atoms with Crippen LogP contribution < -0.4 is 0 Å². The van der Waals surface area contributed by atoms with E-state index in [-0.39, 0.29) is 0 Å². The van der Waals surface area contributed by atoms with E-state index < -0.39 is 0 Å². The third-order valence-corrected chi connectivity index (χ3v) is 4.32. The number of aryl methyl sites for hydroxylation is 1. The summed E-state index contributed by atoms with van der Waals surface area (Å²) in [7, 11) is 0. The van der Waals surface area contributed by atoms with Crippen molar-refractivity contribution in [2.75, 3.05) is 0 Å². The second-order valence-corrected chi connectivity index (χ2v) is 5.53. The van der Waals surface area contributed by atoms with Gasteiger partial charge in [-0.3, -0.25) is 0 Å². The number of hydrogen-bond donors (Lipinski definition) is 1. The van der Waals surface area contributed by atoms with Crippen LogP contribution in [-0.2, 0) is 11.5 Å². The van der Waals surface area contributed by atoms with Crippen molar-refractivity contribution in [3.05, 3.63) is 45.7 Å². The van der Waals surface area contributed by atoms with Crippen molar-refractivity contribution < 1.29 is 0 Å². The second kappa shape index (κ2) is 4.27. The maximum Gasteiger partial charge on any atom is 0.139 e. The average molecular weight is 260 g/mol. The molecular formula is C13H12N2S2. The van der Waals surface area contributed by atoms with Gasteiger partial charge in [0.1, 0.15) is 10.5 Å². The van der Waals surface area contributed by atoms with Gasteiger partial charge in [-0.1, -0.05) is 36.5 Å². The van der Waals surface area contributed by atoms with Crippen LogP contribution in [0.1, 0.15) is 16.8 Å². The Morgan fingerprint density at radius 2 is 2.12 bits per heavy atom. The minimum Gasteiger partial charge on any atom is -0.342 e. The molecule has 0 saturated carbocycles. The van der Waals surface area contributed by atoms with Gasteiger partial charge < -0.3 is 4.98 Å². The van der Waals surface area contributed by atoms with Crippen molar-refractivity contribution in [3.63, 3.8) is 0 Å².